The molecule has 1 saturated heterocycles. The van der Waals surface area contributed by atoms with Gasteiger partial charge < -0.3 is 30.3 Å². The van der Waals surface area contributed by atoms with Crippen LogP contribution < -0.4 is 25.6 Å². The molecule has 3 aromatic rings. The predicted octanol–water partition coefficient (Wildman–Crippen LogP) is 2.66. The highest BCUT2D eigenvalue weighted by Crippen LogP contribution is 2.36. The molecule has 6 heterocycles. The highest BCUT2D eigenvalue weighted by molar-refractivity contribution is 5.95. The summed E-state index contributed by atoms with van der Waals surface area (Å²) in [6.45, 7) is 7.78. The second kappa shape index (κ2) is 8.90. The van der Waals surface area contributed by atoms with Crippen molar-refractivity contribution < 1.29 is 14.3 Å². The van der Waals surface area contributed by atoms with Gasteiger partial charge in [-0.2, -0.15) is 0 Å². The summed E-state index contributed by atoms with van der Waals surface area (Å²) < 4.78 is 10.8. The Balaban J connectivity index is 1.14. The zero-order valence-corrected chi connectivity index (χ0v) is 20.3. The molecule has 0 radical (unpaired) electrons. The minimum atomic E-state index is -0.485. The van der Waals surface area contributed by atoms with Gasteiger partial charge in [-0.05, 0) is 38.0 Å². The molecule has 0 saturated carbocycles. The number of aromatic nitrogens is 4. The van der Waals surface area contributed by atoms with Gasteiger partial charge in [-0.3, -0.25) is 4.79 Å². The molecule has 0 atom stereocenters. The Bertz CT molecular complexity index is 1310. The average molecular weight is 489 g/mol. The number of amides is 1. The number of fused-ring (bicyclic) bond motifs is 2. The molecular weight excluding hydrogens is 460 g/mol. The molecule has 0 unspecified atom stereocenters. The summed E-state index contributed by atoms with van der Waals surface area (Å²) in [6, 6.07) is 3.60. The molecule has 0 bridgehead atoms. The van der Waals surface area contributed by atoms with Crippen LogP contribution in [0.5, 0.6) is 5.88 Å². The van der Waals surface area contributed by atoms with E-state index in [2.05, 4.69) is 42.7 Å². The van der Waals surface area contributed by atoms with Crippen molar-refractivity contribution in [2.75, 3.05) is 53.8 Å². The molecule has 6 rings (SSSR count). The topological polar surface area (TPSA) is 126 Å². The lowest BCUT2D eigenvalue weighted by molar-refractivity contribution is -0.151. The highest BCUT2D eigenvalue weighted by atomic mass is 16.5. The van der Waals surface area contributed by atoms with Crippen LogP contribution in [-0.2, 0) is 22.5 Å². The molecule has 1 amide bonds. The van der Waals surface area contributed by atoms with E-state index < -0.39 is 5.41 Å². The minimum Gasteiger partial charge on any atom is -0.474 e. The molecule has 1 fully saturated rings. The van der Waals surface area contributed by atoms with Gasteiger partial charge in [0.05, 0.1) is 54.6 Å². The number of anilines is 5. The SMILES string of the molecule is Cc1c(N2CCc3cnc(Nc4ccc(NC(=O)C5(C)COC5)nc4)nc3C2)cnc2c1NCCO2. The van der Waals surface area contributed by atoms with Crippen LogP contribution in [0.4, 0.5) is 28.8 Å². The van der Waals surface area contributed by atoms with E-state index in [1.165, 1.54) is 0 Å². The summed E-state index contributed by atoms with van der Waals surface area (Å²) in [4.78, 5) is 32.8. The maximum atomic E-state index is 12.4. The number of rotatable bonds is 5. The summed E-state index contributed by atoms with van der Waals surface area (Å²) in [5, 5.41) is 9.48. The molecule has 11 nitrogen and oxygen atoms in total. The van der Waals surface area contributed by atoms with E-state index in [-0.39, 0.29) is 5.91 Å². The van der Waals surface area contributed by atoms with Gasteiger partial charge in [-0.1, -0.05) is 0 Å². The Hall–Kier alpha value is -3.99. The monoisotopic (exact) mass is 488 g/mol. The van der Waals surface area contributed by atoms with Crippen molar-refractivity contribution >= 4 is 34.7 Å². The van der Waals surface area contributed by atoms with Gasteiger partial charge in [-0.25, -0.2) is 19.9 Å². The van der Waals surface area contributed by atoms with E-state index in [0.29, 0.717) is 44.0 Å². The minimum absolute atomic E-state index is 0.0859. The zero-order chi connectivity index (χ0) is 24.7. The fraction of sp³-hybridized carbons (Fsp3) is 0.400. The van der Waals surface area contributed by atoms with E-state index in [0.717, 1.165) is 53.4 Å². The van der Waals surface area contributed by atoms with Crippen LogP contribution in [0.15, 0.2) is 30.7 Å². The average Bonchev–Trinajstić information content (AvgIpc) is 2.88. The third kappa shape index (κ3) is 4.15. The van der Waals surface area contributed by atoms with E-state index in [1.54, 1.807) is 12.3 Å². The van der Waals surface area contributed by atoms with Crippen molar-refractivity contribution in [2.45, 2.75) is 26.8 Å². The lowest BCUT2D eigenvalue weighted by Crippen LogP contribution is -2.49. The molecule has 3 aliphatic rings. The van der Waals surface area contributed by atoms with Crippen molar-refractivity contribution in [1.82, 2.24) is 19.9 Å². The Labute approximate surface area is 208 Å². The summed E-state index contributed by atoms with van der Waals surface area (Å²) in [5.41, 5.74) is 5.56. The first-order valence-corrected chi connectivity index (χ1v) is 12.1. The molecule has 3 aromatic heterocycles. The standard InChI is InChI=1S/C25H28N8O3/c1-15-19(11-28-22-21(15)26-6-8-36-22)33-7-5-16-9-29-24(31-18(16)12-33)30-17-3-4-20(27-10-17)32-23(34)25(2)13-35-14-25/h3-4,9-11,26H,5-8,12-14H2,1-2H3,(H,27,32,34)(H,29,30,31). The quantitative estimate of drug-likeness (QED) is 0.493. The number of nitrogens with zero attached hydrogens (tertiary/aromatic N) is 5. The molecule has 0 spiro atoms. The molecule has 11 heteroatoms. The predicted molar refractivity (Wildman–Crippen MR) is 135 cm³/mol. The van der Waals surface area contributed by atoms with Gasteiger partial charge in [0.15, 0.2) is 0 Å². The third-order valence-corrected chi connectivity index (χ3v) is 6.86. The van der Waals surface area contributed by atoms with Crippen molar-refractivity contribution in [3.05, 3.63) is 47.5 Å². The van der Waals surface area contributed by atoms with E-state index in [4.69, 9.17) is 14.5 Å². The van der Waals surface area contributed by atoms with Crippen LogP contribution in [0.1, 0.15) is 23.7 Å². The van der Waals surface area contributed by atoms with Gasteiger partial charge in [0.25, 0.3) is 0 Å². The fourth-order valence-electron chi connectivity index (χ4n) is 4.58. The second-order valence-corrected chi connectivity index (χ2v) is 9.63. The van der Waals surface area contributed by atoms with Gasteiger partial charge in [0.2, 0.25) is 17.7 Å². The summed E-state index contributed by atoms with van der Waals surface area (Å²) in [7, 11) is 0. The fourth-order valence-corrected chi connectivity index (χ4v) is 4.58. The van der Waals surface area contributed by atoms with Crippen LogP contribution in [0, 0.1) is 12.3 Å². The van der Waals surface area contributed by atoms with Crippen molar-refractivity contribution in [2.24, 2.45) is 5.41 Å². The number of nitrogens with one attached hydrogen (secondary N) is 3. The molecular formula is C25H28N8O3. The van der Waals surface area contributed by atoms with Crippen LogP contribution >= 0.6 is 0 Å². The summed E-state index contributed by atoms with van der Waals surface area (Å²) in [6.07, 6.45) is 6.28. The van der Waals surface area contributed by atoms with Crippen molar-refractivity contribution in [1.29, 1.82) is 0 Å². The summed E-state index contributed by atoms with van der Waals surface area (Å²) in [5.74, 6) is 1.58. The van der Waals surface area contributed by atoms with E-state index in [9.17, 15) is 4.79 Å². The van der Waals surface area contributed by atoms with Gasteiger partial charge in [-0.15, -0.1) is 0 Å². The maximum absolute atomic E-state index is 12.4. The Morgan fingerprint density at radius 3 is 2.83 bits per heavy atom. The first-order valence-electron chi connectivity index (χ1n) is 12.1. The number of pyridine rings is 2. The number of carbonyl (C=O) groups is 1. The van der Waals surface area contributed by atoms with E-state index >= 15 is 0 Å². The third-order valence-electron chi connectivity index (χ3n) is 6.86. The largest absolute Gasteiger partial charge is 0.474 e. The van der Waals surface area contributed by atoms with Crippen LogP contribution in [0.3, 0.4) is 0 Å². The van der Waals surface area contributed by atoms with Crippen LogP contribution in [0.2, 0.25) is 0 Å². The molecule has 36 heavy (non-hydrogen) atoms. The number of hydrogen-bond acceptors (Lipinski definition) is 10. The molecule has 3 N–H and O–H groups in total. The number of hydrogen-bond donors (Lipinski definition) is 3. The van der Waals surface area contributed by atoms with Crippen LogP contribution in [0.25, 0.3) is 0 Å². The van der Waals surface area contributed by atoms with E-state index in [1.807, 2.05) is 25.4 Å². The molecule has 3 aliphatic heterocycles. The highest BCUT2D eigenvalue weighted by Gasteiger charge is 2.41. The lowest BCUT2D eigenvalue weighted by Gasteiger charge is -2.36. The number of ether oxygens (including phenoxy) is 2. The molecule has 186 valence electrons. The maximum Gasteiger partial charge on any atom is 0.237 e. The smallest absolute Gasteiger partial charge is 0.237 e. The molecule has 0 aromatic carbocycles. The first-order chi connectivity index (χ1) is 17.5. The zero-order valence-electron chi connectivity index (χ0n) is 20.3. The second-order valence-electron chi connectivity index (χ2n) is 9.63. The van der Waals surface area contributed by atoms with Gasteiger partial charge in [0, 0.05) is 24.8 Å². The van der Waals surface area contributed by atoms with Gasteiger partial charge >= 0.3 is 0 Å². The van der Waals surface area contributed by atoms with Crippen LogP contribution in [-0.4, -0.2) is 58.8 Å². The molecule has 0 aliphatic carbocycles. The lowest BCUT2D eigenvalue weighted by atomic mass is 9.88. The van der Waals surface area contributed by atoms with Crippen molar-refractivity contribution in [3.63, 3.8) is 0 Å². The summed E-state index contributed by atoms with van der Waals surface area (Å²) >= 11 is 0. The van der Waals surface area contributed by atoms with Crippen molar-refractivity contribution in [3.8, 4) is 5.88 Å². The normalized spacial score (nSPS) is 17.6. The van der Waals surface area contributed by atoms with Gasteiger partial charge in [0.1, 0.15) is 18.1 Å². The Kier molecular flexibility index (Phi) is 5.56. The first kappa shape index (κ1) is 22.5. The number of carbonyl (C=O) groups excluding carboxylic acids is 1. The Morgan fingerprint density at radius 1 is 1.17 bits per heavy atom. The Morgan fingerprint density at radius 2 is 2.06 bits per heavy atom.